The molecule has 0 amide bonds. The summed E-state index contributed by atoms with van der Waals surface area (Å²) in [4.78, 5) is 10.2. The van der Waals surface area contributed by atoms with Crippen LogP contribution in [0.2, 0.25) is 0 Å². The number of piperidine rings is 1. The van der Waals surface area contributed by atoms with Crippen LogP contribution in [0.5, 0.6) is 0 Å². The third-order valence-electron chi connectivity index (χ3n) is 3.23. The number of nitrogens with zero attached hydrogens (tertiary/aromatic N) is 3. The van der Waals surface area contributed by atoms with E-state index in [0.29, 0.717) is 5.82 Å². The first-order valence-corrected chi connectivity index (χ1v) is 5.72. The van der Waals surface area contributed by atoms with Crippen molar-refractivity contribution in [1.82, 2.24) is 9.97 Å². The molecule has 1 aromatic heterocycles. The number of nitrogens with two attached hydrogens (primary N) is 2. The molecule has 94 valence electrons. The van der Waals surface area contributed by atoms with Gasteiger partial charge in [0, 0.05) is 26.3 Å². The molecule has 1 unspecified atom stereocenters. The monoisotopic (exact) mass is 237 g/mol. The van der Waals surface area contributed by atoms with Gasteiger partial charge < -0.3 is 21.1 Å². The van der Waals surface area contributed by atoms with Crippen molar-refractivity contribution in [2.45, 2.75) is 25.4 Å². The van der Waals surface area contributed by atoms with Gasteiger partial charge in [-0.15, -0.1) is 0 Å². The van der Waals surface area contributed by atoms with Gasteiger partial charge in [-0.2, -0.15) is 9.97 Å². The number of hydrogen-bond donors (Lipinski definition) is 2. The van der Waals surface area contributed by atoms with Crippen molar-refractivity contribution >= 4 is 17.6 Å². The fourth-order valence-electron chi connectivity index (χ4n) is 2.20. The van der Waals surface area contributed by atoms with Gasteiger partial charge >= 0.3 is 0 Å². The Kier molecular flexibility index (Phi) is 3.06. The van der Waals surface area contributed by atoms with Gasteiger partial charge in [-0.3, -0.25) is 0 Å². The van der Waals surface area contributed by atoms with Crippen LogP contribution in [0, 0.1) is 0 Å². The number of hydrogen-bond acceptors (Lipinski definition) is 6. The number of ether oxygens (including phenoxy) is 1. The van der Waals surface area contributed by atoms with Crippen LogP contribution < -0.4 is 16.4 Å². The standard InChI is InChI=1S/C11H19N5O/c1-11(17-2)4-3-5-16(7-11)9-6-8(12)14-10(13)15-9/h6H,3-5,7H2,1-2H3,(H4,12,13,14,15). The molecule has 0 aliphatic carbocycles. The van der Waals surface area contributed by atoms with Crippen LogP contribution in [0.3, 0.4) is 0 Å². The van der Waals surface area contributed by atoms with E-state index >= 15 is 0 Å². The second-order valence-electron chi connectivity index (χ2n) is 4.69. The van der Waals surface area contributed by atoms with Crippen molar-refractivity contribution in [1.29, 1.82) is 0 Å². The maximum atomic E-state index is 5.68. The largest absolute Gasteiger partial charge is 0.383 e. The second kappa shape index (κ2) is 4.37. The Bertz CT molecular complexity index is 391. The Balaban J connectivity index is 2.21. The number of rotatable bonds is 2. The summed E-state index contributed by atoms with van der Waals surface area (Å²) in [7, 11) is 1.74. The number of anilines is 3. The molecule has 4 N–H and O–H groups in total. The number of nitrogen functional groups attached to an aromatic ring is 2. The smallest absolute Gasteiger partial charge is 0.223 e. The van der Waals surface area contributed by atoms with E-state index in [4.69, 9.17) is 16.2 Å². The molecule has 0 bridgehead atoms. The highest BCUT2D eigenvalue weighted by atomic mass is 16.5. The Morgan fingerprint density at radius 3 is 2.82 bits per heavy atom. The zero-order chi connectivity index (χ0) is 12.5. The molecular formula is C11H19N5O. The van der Waals surface area contributed by atoms with Gasteiger partial charge in [0.05, 0.1) is 5.60 Å². The van der Waals surface area contributed by atoms with E-state index in [9.17, 15) is 0 Å². The minimum atomic E-state index is -0.132. The fourth-order valence-corrected chi connectivity index (χ4v) is 2.20. The van der Waals surface area contributed by atoms with Crippen LogP contribution in [-0.4, -0.2) is 35.8 Å². The van der Waals surface area contributed by atoms with Crippen LogP contribution in [0.4, 0.5) is 17.6 Å². The van der Waals surface area contributed by atoms with E-state index < -0.39 is 0 Å². The number of methoxy groups -OCH3 is 1. The van der Waals surface area contributed by atoms with E-state index in [1.807, 2.05) is 0 Å². The molecule has 6 heteroatoms. The highest BCUT2D eigenvalue weighted by Crippen LogP contribution is 2.27. The Labute approximate surface area is 101 Å². The van der Waals surface area contributed by atoms with Gasteiger partial charge in [0.1, 0.15) is 11.6 Å². The summed E-state index contributed by atoms with van der Waals surface area (Å²) in [5.41, 5.74) is 11.2. The van der Waals surface area contributed by atoms with E-state index in [-0.39, 0.29) is 11.5 Å². The highest BCUT2D eigenvalue weighted by molar-refractivity contribution is 5.50. The molecule has 6 nitrogen and oxygen atoms in total. The SMILES string of the molecule is COC1(C)CCCN(c2cc(N)nc(N)n2)C1. The van der Waals surface area contributed by atoms with E-state index in [1.165, 1.54) is 0 Å². The van der Waals surface area contributed by atoms with Gasteiger partial charge in [-0.1, -0.05) is 0 Å². The highest BCUT2D eigenvalue weighted by Gasteiger charge is 2.31. The summed E-state index contributed by atoms with van der Waals surface area (Å²) in [6.45, 7) is 3.83. The van der Waals surface area contributed by atoms with Gasteiger partial charge in [0.15, 0.2) is 0 Å². The topological polar surface area (TPSA) is 90.3 Å². The maximum Gasteiger partial charge on any atom is 0.223 e. The number of aromatic nitrogens is 2. The molecule has 17 heavy (non-hydrogen) atoms. The fraction of sp³-hybridized carbons (Fsp3) is 0.636. The molecule has 2 rings (SSSR count). The predicted octanol–water partition coefficient (Wildman–Crippen LogP) is 0.646. The summed E-state index contributed by atoms with van der Waals surface area (Å²) < 4.78 is 5.54. The molecule has 0 spiro atoms. The Hall–Kier alpha value is -1.56. The molecule has 0 radical (unpaired) electrons. The second-order valence-corrected chi connectivity index (χ2v) is 4.69. The average Bonchev–Trinajstić information content (AvgIpc) is 2.28. The molecule has 0 saturated carbocycles. The van der Waals surface area contributed by atoms with Crippen molar-refractivity contribution in [2.75, 3.05) is 36.6 Å². The molecule has 1 aliphatic rings. The first-order chi connectivity index (χ1) is 8.02. The lowest BCUT2D eigenvalue weighted by Crippen LogP contribution is -2.47. The molecule has 1 aromatic rings. The van der Waals surface area contributed by atoms with Crippen molar-refractivity contribution in [3.8, 4) is 0 Å². The first-order valence-electron chi connectivity index (χ1n) is 5.72. The molecule has 1 atom stereocenters. The van der Waals surface area contributed by atoms with E-state index in [2.05, 4.69) is 21.8 Å². The zero-order valence-electron chi connectivity index (χ0n) is 10.3. The predicted molar refractivity (Wildman–Crippen MR) is 67.7 cm³/mol. The minimum absolute atomic E-state index is 0.132. The van der Waals surface area contributed by atoms with E-state index in [1.54, 1.807) is 13.2 Å². The minimum Gasteiger partial charge on any atom is -0.383 e. The van der Waals surface area contributed by atoms with Crippen molar-refractivity contribution in [3.63, 3.8) is 0 Å². The zero-order valence-corrected chi connectivity index (χ0v) is 10.3. The molecule has 0 aromatic carbocycles. The van der Waals surface area contributed by atoms with Crippen molar-refractivity contribution in [3.05, 3.63) is 6.07 Å². The Morgan fingerprint density at radius 2 is 2.18 bits per heavy atom. The molecule has 1 fully saturated rings. The van der Waals surface area contributed by atoms with Gasteiger partial charge in [0.2, 0.25) is 5.95 Å². The molecule has 1 saturated heterocycles. The van der Waals surface area contributed by atoms with Gasteiger partial charge in [-0.25, -0.2) is 0 Å². The van der Waals surface area contributed by atoms with E-state index in [0.717, 1.165) is 31.7 Å². The third-order valence-corrected chi connectivity index (χ3v) is 3.23. The summed E-state index contributed by atoms with van der Waals surface area (Å²) in [5, 5.41) is 0. The van der Waals surface area contributed by atoms with Gasteiger partial charge in [0.25, 0.3) is 0 Å². The summed E-state index contributed by atoms with van der Waals surface area (Å²) in [6, 6.07) is 1.75. The van der Waals surface area contributed by atoms with Crippen LogP contribution in [0.1, 0.15) is 19.8 Å². The summed E-state index contributed by atoms with van der Waals surface area (Å²) in [5.74, 6) is 1.39. The lowest BCUT2D eigenvalue weighted by Gasteiger charge is -2.40. The lowest BCUT2D eigenvalue weighted by atomic mass is 9.95. The van der Waals surface area contributed by atoms with Crippen molar-refractivity contribution < 1.29 is 4.74 Å². The van der Waals surface area contributed by atoms with Crippen LogP contribution in [0.15, 0.2) is 6.07 Å². The van der Waals surface area contributed by atoms with Crippen molar-refractivity contribution in [2.24, 2.45) is 0 Å². The average molecular weight is 237 g/mol. The summed E-state index contributed by atoms with van der Waals surface area (Å²) in [6.07, 6.45) is 2.12. The first kappa shape index (κ1) is 11.9. The van der Waals surface area contributed by atoms with Crippen LogP contribution in [-0.2, 0) is 4.74 Å². The molecule has 1 aliphatic heterocycles. The molecular weight excluding hydrogens is 218 g/mol. The van der Waals surface area contributed by atoms with Crippen LogP contribution >= 0.6 is 0 Å². The normalized spacial score (nSPS) is 24.9. The summed E-state index contributed by atoms with van der Waals surface area (Å²) >= 11 is 0. The third kappa shape index (κ3) is 2.58. The maximum absolute atomic E-state index is 5.68. The molecule has 2 heterocycles. The van der Waals surface area contributed by atoms with Crippen LogP contribution in [0.25, 0.3) is 0 Å². The Morgan fingerprint density at radius 1 is 1.41 bits per heavy atom. The van der Waals surface area contributed by atoms with Gasteiger partial charge in [-0.05, 0) is 19.8 Å². The lowest BCUT2D eigenvalue weighted by molar-refractivity contribution is -0.00481. The quantitative estimate of drug-likeness (QED) is 0.784.